The highest BCUT2D eigenvalue weighted by Gasteiger charge is 2.33. The Morgan fingerprint density at radius 1 is 1.21 bits per heavy atom. The number of nitrogens with zero attached hydrogens (tertiary/aromatic N) is 3. The zero-order valence-corrected chi connectivity index (χ0v) is 16.0. The summed E-state index contributed by atoms with van der Waals surface area (Å²) < 4.78 is 10.9. The third-order valence-electron chi connectivity index (χ3n) is 5.99. The van der Waals surface area contributed by atoms with Crippen molar-refractivity contribution in [2.45, 2.75) is 25.8 Å². The molecule has 2 aromatic rings. The second-order valence-corrected chi connectivity index (χ2v) is 7.97. The van der Waals surface area contributed by atoms with E-state index < -0.39 is 0 Å². The Labute approximate surface area is 165 Å². The van der Waals surface area contributed by atoms with Gasteiger partial charge in [0.05, 0.1) is 0 Å². The fraction of sp³-hybridized carbons (Fsp3) is 0.455. The van der Waals surface area contributed by atoms with E-state index in [0.717, 1.165) is 62.3 Å². The molecule has 0 aliphatic carbocycles. The standard InChI is InChI=1S/C22H25N3O3/c26-22-19-10-21-20(27-15-28-21)9-18(19)14-25(22)13-17-5-8-24(12-17)7-2-4-16-3-1-6-23-11-16/h1,3,6,9-11,17H,2,4-5,7-8,12-15H2. The van der Waals surface area contributed by atoms with Gasteiger partial charge in [0.15, 0.2) is 11.5 Å². The summed E-state index contributed by atoms with van der Waals surface area (Å²) in [5, 5.41) is 0. The smallest absolute Gasteiger partial charge is 0.254 e. The molecule has 0 saturated carbocycles. The molecule has 6 nitrogen and oxygen atoms in total. The van der Waals surface area contributed by atoms with Gasteiger partial charge >= 0.3 is 0 Å². The number of aromatic nitrogens is 1. The summed E-state index contributed by atoms with van der Waals surface area (Å²) in [7, 11) is 0. The van der Waals surface area contributed by atoms with Gasteiger partial charge in [-0.1, -0.05) is 6.07 Å². The Morgan fingerprint density at radius 3 is 2.96 bits per heavy atom. The number of carbonyl (C=O) groups is 1. The van der Waals surface area contributed by atoms with E-state index >= 15 is 0 Å². The zero-order valence-electron chi connectivity index (χ0n) is 16.0. The molecule has 1 fully saturated rings. The highest BCUT2D eigenvalue weighted by atomic mass is 16.7. The molecule has 0 spiro atoms. The van der Waals surface area contributed by atoms with Crippen LogP contribution in [0.1, 0.15) is 34.3 Å². The van der Waals surface area contributed by atoms with E-state index in [9.17, 15) is 4.79 Å². The largest absolute Gasteiger partial charge is 0.454 e. The molecule has 5 rings (SSSR count). The first-order valence-electron chi connectivity index (χ1n) is 10.1. The third kappa shape index (κ3) is 3.44. The van der Waals surface area contributed by atoms with Crippen LogP contribution in [-0.2, 0) is 13.0 Å². The highest BCUT2D eigenvalue weighted by molar-refractivity contribution is 5.99. The van der Waals surface area contributed by atoms with E-state index in [2.05, 4.69) is 16.0 Å². The third-order valence-corrected chi connectivity index (χ3v) is 5.99. The predicted octanol–water partition coefficient (Wildman–Crippen LogP) is 2.72. The number of hydrogen-bond acceptors (Lipinski definition) is 5. The van der Waals surface area contributed by atoms with Crippen molar-refractivity contribution in [3.8, 4) is 11.5 Å². The maximum absolute atomic E-state index is 12.8. The minimum Gasteiger partial charge on any atom is -0.454 e. The summed E-state index contributed by atoms with van der Waals surface area (Å²) in [6.45, 7) is 5.08. The van der Waals surface area contributed by atoms with Gasteiger partial charge in [-0.3, -0.25) is 9.78 Å². The SMILES string of the molecule is O=C1c2cc3c(cc2CN1CC1CCN(CCCc2cccnc2)C1)OCO3. The average molecular weight is 379 g/mol. The summed E-state index contributed by atoms with van der Waals surface area (Å²) in [5.74, 6) is 2.13. The molecule has 1 aromatic heterocycles. The topological polar surface area (TPSA) is 54.9 Å². The molecule has 4 heterocycles. The van der Waals surface area contributed by atoms with Crippen LogP contribution >= 0.6 is 0 Å². The molecule has 28 heavy (non-hydrogen) atoms. The van der Waals surface area contributed by atoms with Gasteiger partial charge in [0.2, 0.25) is 6.79 Å². The van der Waals surface area contributed by atoms with E-state index in [1.54, 1.807) is 0 Å². The maximum Gasteiger partial charge on any atom is 0.254 e. The van der Waals surface area contributed by atoms with Crippen molar-refractivity contribution in [2.24, 2.45) is 5.92 Å². The molecular weight excluding hydrogens is 354 g/mol. The number of ether oxygens (including phenoxy) is 2. The quantitative estimate of drug-likeness (QED) is 0.773. The average Bonchev–Trinajstić information content (AvgIpc) is 3.42. The summed E-state index contributed by atoms with van der Waals surface area (Å²) in [6.07, 6.45) is 7.16. The van der Waals surface area contributed by atoms with Crippen molar-refractivity contribution in [3.63, 3.8) is 0 Å². The van der Waals surface area contributed by atoms with Crippen molar-refractivity contribution < 1.29 is 14.3 Å². The van der Waals surface area contributed by atoms with E-state index in [4.69, 9.17) is 9.47 Å². The van der Waals surface area contributed by atoms with E-state index in [-0.39, 0.29) is 12.7 Å². The maximum atomic E-state index is 12.8. The minimum absolute atomic E-state index is 0.128. The van der Waals surface area contributed by atoms with Crippen molar-refractivity contribution >= 4 is 5.91 Å². The lowest BCUT2D eigenvalue weighted by molar-refractivity contribution is 0.0752. The monoisotopic (exact) mass is 379 g/mol. The number of likely N-dealkylation sites (tertiary alicyclic amines) is 1. The molecule has 1 atom stereocenters. The summed E-state index contributed by atoms with van der Waals surface area (Å²) in [6, 6.07) is 7.95. The van der Waals surface area contributed by atoms with Crippen molar-refractivity contribution in [2.75, 3.05) is 33.0 Å². The van der Waals surface area contributed by atoms with Crippen molar-refractivity contribution in [1.82, 2.24) is 14.8 Å². The number of fused-ring (bicyclic) bond motifs is 2. The predicted molar refractivity (Wildman–Crippen MR) is 104 cm³/mol. The van der Waals surface area contributed by atoms with Crippen LogP contribution in [-0.4, -0.2) is 53.7 Å². The number of benzene rings is 1. The van der Waals surface area contributed by atoms with Gasteiger partial charge in [-0.25, -0.2) is 0 Å². The van der Waals surface area contributed by atoms with Crippen LogP contribution in [0.4, 0.5) is 0 Å². The fourth-order valence-corrected chi connectivity index (χ4v) is 4.54. The van der Waals surface area contributed by atoms with Gasteiger partial charge in [-0.15, -0.1) is 0 Å². The van der Waals surface area contributed by atoms with Crippen LogP contribution in [0, 0.1) is 5.92 Å². The lowest BCUT2D eigenvalue weighted by atomic mass is 10.1. The molecule has 0 N–H and O–H groups in total. The van der Waals surface area contributed by atoms with Crippen LogP contribution in [0.3, 0.4) is 0 Å². The van der Waals surface area contributed by atoms with Gasteiger partial charge in [0.1, 0.15) is 0 Å². The number of hydrogen-bond donors (Lipinski definition) is 0. The number of rotatable bonds is 6. The second kappa shape index (κ2) is 7.43. The Kier molecular flexibility index (Phi) is 4.64. The van der Waals surface area contributed by atoms with Gasteiger partial charge in [0.25, 0.3) is 5.91 Å². The van der Waals surface area contributed by atoms with E-state index in [1.807, 2.05) is 35.5 Å². The highest BCUT2D eigenvalue weighted by Crippen LogP contribution is 2.38. The molecule has 1 amide bonds. The summed E-state index contributed by atoms with van der Waals surface area (Å²) in [5.41, 5.74) is 3.13. The van der Waals surface area contributed by atoms with Gasteiger partial charge in [0, 0.05) is 37.6 Å². The number of pyridine rings is 1. The fourth-order valence-electron chi connectivity index (χ4n) is 4.54. The minimum atomic E-state index is 0.128. The molecule has 3 aliphatic rings. The van der Waals surface area contributed by atoms with E-state index in [0.29, 0.717) is 18.2 Å². The number of aryl methyl sites for hydroxylation is 1. The van der Waals surface area contributed by atoms with Crippen molar-refractivity contribution in [3.05, 3.63) is 53.3 Å². The molecule has 0 radical (unpaired) electrons. The van der Waals surface area contributed by atoms with Crippen molar-refractivity contribution in [1.29, 1.82) is 0 Å². The molecule has 1 aromatic carbocycles. The molecule has 146 valence electrons. The van der Waals surface area contributed by atoms with Crippen LogP contribution in [0.15, 0.2) is 36.7 Å². The molecule has 1 unspecified atom stereocenters. The van der Waals surface area contributed by atoms with Crippen LogP contribution < -0.4 is 9.47 Å². The Morgan fingerprint density at radius 2 is 2.11 bits per heavy atom. The zero-order chi connectivity index (χ0) is 18.9. The molecular formula is C22H25N3O3. The second-order valence-electron chi connectivity index (χ2n) is 7.97. The number of amides is 1. The van der Waals surface area contributed by atoms with Crippen LogP contribution in [0.2, 0.25) is 0 Å². The molecule has 6 heteroatoms. The molecule has 0 bridgehead atoms. The van der Waals surface area contributed by atoms with Gasteiger partial charge < -0.3 is 19.3 Å². The Bertz CT molecular complexity index is 871. The first-order chi connectivity index (χ1) is 13.8. The molecule has 3 aliphatic heterocycles. The summed E-state index contributed by atoms with van der Waals surface area (Å²) in [4.78, 5) is 21.5. The summed E-state index contributed by atoms with van der Waals surface area (Å²) >= 11 is 0. The van der Waals surface area contributed by atoms with Crippen LogP contribution in [0.5, 0.6) is 11.5 Å². The Balaban J connectivity index is 1.12. The number of carbonyl (C=O) groups excluding carboxylic acids is 1. The lowest BCUT2D eigenvalue weighted by Crippen LogP contribution is -2.31. The lowest BCUT2D eigenvalue weighted by Gasteiger charge is -2.21. The van der Waals surface area contributed by atoms with Crippen LogP contribution in [0.25, 0.3) is 0 Å². The first-order valence-corrected chi connectivity index (χ1v) is 10.1. The Hall–Kier alpha value is -2.60. The normalized spacial score (nSPS) is 20.8. The van der Waals surface area contributed by atoms with Gasteiger partial charge in [-0.2, -0.15) is 0 Å². The molecule has 1 saturated heterocycles. The van der Waals surface area contributed by atoms with E-state index in [1.165, 1.54) is 5.56 Å². The first kappa shape index (κ1) is 17.5. The van der Waals surface area contributed by atoms with Gasteiger partial charge in [-0.05, 0) is 67.6 Å².